The molecule has 4 heteroatoms. The molecule has 0 fully saturated rings. The van der Waals surface area contributed by atoms with Crippen molar-refractivity contribution in [3.63, 3.8) is 0 Å². The van der Waals surface area contributed by atoms with E-state index >= 15 is 0 Å². The van der Waals surface area contributed by atoms with Gasteiger partial charge in [-0.05, 0) is 19.3 Å². The Labute approximate surface area is 87.5 Å². The van der Waals surface area contributed by atoms with Crippen LogP contribution in [0.3, 0.4) is 0 Å². The molecule has 4 nitrogen and oxygen atoms in total. The molecule has 14 heavy (non-hydrogen) atoms. The molecule has 0 unspecified atom stereocenters. The normalized spacial score (nSPS) is 12.0. The summed E-state index contributed by atoms with van der Waals surface area (Å²) >= 11 is 0. The molecule has 0 saturated carbocycles. The van der Waals surface area contributed by atoms with Crippen LogP contribution in [-0.2, 0) is 0 Å². The van der Waals surface area contributed by atoms with Crippen LogP contribution in [0.1, 0.15) is 34.1 Å². The molecule has 0 atom stereocenters. The van der Waals surface area contributed by atoms with Crippen LogP contribution < -0.4 is 11.3 Å². The average molecular weight is 200 g/mol. The molecule has 0 aromatic heterocycles. The van der Waals surface area contributed by atoms with Gasteiger partial charge in [-0.2, -0.15) is 0 Å². The van der Waals surface area contributed by atoms with E-state index in [4.69, 9.17) is 5.84 Å². The van der Waals surface area contributed by atoms with E-state index < -0.39 is 0 Å². The fourth-order valence-corrected chi connectivity index (χ4v) is 1.19. The van der Waals surface area contributed by atoms with Crippen molar-refractivity contribution in [3.8, 4) is 0 Å². The van der Waals surface area contributed by atoms with E-state index in [0.717, 1.165) is 32.0 Å². The second kappa shape index (κ2) is 7.62. The fourth-order valence-electron chi connectivity index (χ4n) is 1.19. The van der Waals surface area contributed by atoms with Crippen LogP contribution in [0.25, 0.3) is 0 Å². The maximum absolute atomic E-state index is 5.44. The van der Waals surface area contributed by atoms with Gasteiger partial charge in [0.1, 0.15) is 0 Å². The number of hydrazine groups is 1. The lowest BCUT2D eigenvalue weighted by Crippen LogP contribution is -2.45. The molecule has 0 bridgehead atoms. The zero-order chi connectivity index (χ0) is 11.0. The summed E-state index contributed by atoms with van der Waals surface area (Å²) in [7, 11) is 0. The van der Waals surface area contributed by atoms with Crippen LogP contribution in [0.5, 0.6) is 0 Å². The van der Waals surface area contributed by atoms with Crippen molar-refractivity contribution in [1.82, 2.24) is 10.3 Å². The van der Waals surface area contributed by atoms with Crippen LogP contribution in [-0.4, -0.2) is 30.5 Å². The number of aliphatic imine (C=N–C) groups is 1. The second-order valence-electron chi connectivity index (χ2n) is 3.78. The van der Waals surface area contributed by atoms with Gasteiger partial charge < -0.3 is 4.90 Å². The van der Waals surface area contributed by atoms with Crippen molar-refractivity contribution >= 4 is 5.96 Å². The molecular formula is C10H24N4. The lowest BCUT2D eigenvalue weighted by atomic mass is 10.2. The van der Waals surface area contributed by atoms with Gasteiger partial charge in [-0.3, -0.25) is 10.4 Å². The number of hydrogen-bond acceptors (Lipinski definition) is 2. The summed E-state index contributed by atoms with van der Waals surface area (Å²) in [5.74, 6) is 6.82. The van der Waals surface area contributed by atoms with Crippen molar-refractivity contribution in [2.24, 2.45) is 16.8 Å². The molecule has 0 amide bonds. The van der Waals surface area contributed by atoms with Crippen LogP contribution in [0.15, 0.2) is 4.99 Å². The molecule has 3 N–H and O–H groups in total. The highest BCUT2D eigenvalue weighted by Crippen LogP contribution is 1.96. The lowest BCUT2D eigenvalue weighted by molar-refractivity contribution is 0.420. The summed E-state index contributed by atoms with van der Waals surface area (Å²) < 4.78 is 0. The summed E-state index contributed by atoms with van der Waals surface area (Å²) in [5, 5.41) is 0. The first-order chi connectivity index (χ1) is 6.65. The molecule has 0 heterocycles. The zero-order valence-corrected chi connectivity index (χ0v) is 9.88. The highest BCUT2D eigenvalue weighted by atomic mass is 15.4. The van der Waals surface area contributed by atoms with E-state index in [0.29, 0.717) is 5.92 Å². The molecular weight excluding hydrogens is 176 g/mol. The van der Waals surface area contributed by atoms with Gasteiger partial charge in [-0.1, -0.05) is 20.8 Å². The third kappa shape index (κ3) is 5.07. The quantitative estimate of drug-likeness (QED) is 0.303. The van der Waals surface area contributed by atoms with Gasteiger partial charge >= 0.3 is 0 Å². The first kappa shape index (κ1) is 13.2. The van der Waals surface area contributed by atoms with Crippen molar-refractivity contribution in [1.29, 1.82) is 0 Å². The van der Waals surface area contributed by atoms with Gasteiger partial charge in [-0.25, -0.2) is 5.84 Å². The highest BCUT2D eigenvalue weighted by Gasteiger charge is 2.06. The van der Waals surface area contributed by atoms with Gasteiger partial charge in [0.05, 0.1) is 0 Å². The first-order valence-corrected chi connectivity index (χ1v) is 5.41. The minimum atomic E-state index is 0.568. The molecule has 0 aromatic rings. The standard InChI is InChI=1S/C10H24N4/c1-5-7-14(6-2)10(13-11)12-8-9(3)4/h9H,5-8,11H2,1-4H3,(H,12,13). The van der Waals surface area contributed by atoms with Crippen LogP contribution >= 0.6 is 0 Å². The summed E-state index contributed by atoms with van der Waals surface area (Å²) in [6.07, 6.45) is 1.11. The Kier molecular flexibility index (Phi) is 7.20. The average Bonchev–Trinajstić information content (AvgIpc) is 2.16. The van der Waals surface area contributed by atoms with Crippen molar-refractivity contribution in [3.05, 3.63) is 0 Å². The number of nitrogens with one attached hydrogen (secondary N) is 1. The fraction of sp³-hybridized carbons (Fsp3) is 0.900. The number of nitrogens with two attached hydrogens (primary N) is 1. The molecule has 0 radical (unpaired) electrons. The number of nitrogens with zero attached hydrogens (tertiary/aromatic N) is 2. The SMILES string of the molecule is CCCN(CC)C(=NCC(C)C)NN. The molecule has 0 rings (SSSR count). The Morgan fingerprint density at radius 3 is 2.43 bits per heavy atom. The topological polar surface area (TPSA) is 53.6 Å². The Bertz CT molecular complexity index is 166. The van der Waals surface area contributed by atoms with E-state index in [2.05, 4.69) is 43.0 Å². The van der Waals surface area contributed by atoms with Crippen LogP contribution in [0, 0.1) is 5.92 Å². The molecule has 0 aliphatic rings. The minimum Gasteiger partial charge on any atom is -0.342 e. The maximum Gasteiger partial charge on any atom is 0.208 e. The van der Waals surface area contributed by atoms with E-state index in [1.165, 1.54) is 0 Å². The maximum atomic E-state index is 5.44. The molecule has 0 saturated heterocycles. The zero-order valence-electron chi connectivity index (χ0n) is 9.88. The van der Waals surface area contributed by atoms with Gasteiger partial charge in [0.25, 0.3) is 0 Å². The predicted molar refractivity (Wildman–Crippen MR) is 62.0 cm³/mol. The second-order valence-corrected chi connectivity index (χ2v) is 3.78. The predicted octanol–water partition coefficient (Wildman–Crippen LogP) is 1.19. The van der Waals surface area contributed by atoms with Gasteiger partial charge in [0.2, 0.25) is 5.96 Å². The lowest BCUT2D eigenvalue weighted by Gasteiger charge is -2.23. The Hall–Kier alpha value is -0.770. The van der Waals surface area contributed by atoms with Crippen molar-refractivity contribution in [2.45, 2.75) is 34.1 Å². The van der Waals surface area contributed by atoms with Gasteiger partial charge in [0.15, 0.2) is 0 Å². The third-order valence-electron chi connectivity index (χ3n) is 1.91. The smallest absolute Gasteiger partial charge is 0.208 e. The Morgan fingerprint density at radius 2 is 2.07 bits per heavy atom. The van der Waals surface area contributed by atoms with Gasteiger partial charge in [0, 0.05) is 19.6 Å². The number of rotatable bonds is 5. The van der Waals surface area contributed by atoms with Gasteiger partial charge in [-0.15, -0.1) is 0 Å². The van der Waals surface area contributed by atoms with E-state index in [-0.39, 0.29) is 0 Å². The molecule has 0 aliphatic heterocycles. The number of guanidine groups is 1. The van der Waals surface area contributed by atoms with Crippen molar-refractivity contribution in [2.75, 3.05) is 19.6 Å². The third-order valence-corrected chi connectivity index (χ3v) is 1.91. The van der Waals surface area contributed by atoms with E-state index in [1.54, 1.807) is 0 Å². The monoisotopic (exact) mass is 200 g/mol. The largest absolute Gasteiger partial charge is 0.342 e. The summed E-state index contributed by atoms with van der Waals surface area (Å²) in [6, 6.07) is 0. The Morgan fingerprint density at radius 1 is 1.43 bits per heavy atom. The molecule has 0 aromatic carbocycles. The summed E-state index contributed by atoms with van der Waals surface area (Å²) in [4.78, 5) is 6.59. The minimum absolute atomic E-state index is 0.568. The van der Waals surface area contributed by atoms with E-state index in [1.807, 2.05) is 0 Å². The first-order valence-electron chi connectivity index (χ1n) is 5.41. The van der Waals surface area contributed by atoms with Crippen LogP contribution in [0.4, 0.5) is 0 Å². The molecule has 0 aliphatic carbocycles. The Balaban J connectivity index is 4.26. The molecule has 84 valence electrons. The number of hydrogen-bond donors (Lipinski definition) is 2. The van der Waals surface area contributed by atoms with Crippen LogP contribution in [0.2, 0.25) is 0 Å². The summed E-state index contributed by atoms with van der Waals surface area (Å²) in [5.41, 5.74) is 2.67. The summed E-state index contributed by atoms with van der Waals surface area (Å²) in [6.45, 7) is 11.3. The van der Waals surface area contributed by atoms with E-state index in [9.17, 15) is 0 Å². The molecule has 0 spiro atoms. The highest BCUT2D eigenvalue weighted by molar-refractivity contribution is 5.79. The van der Waals surface area contributed by atoms with Crippen molar-refractivity contribution < 1.29 is 0 Å².